The first-order chi connectivity index (χ1) is 12.5. The Hall–Kier alpha value is -2.53. The maximum atomic E-state index is 12.8. The number of amides is 2. The van der Waals surface area contributed by atoms with Gasteiger partial charge in [-0.1, -0.05) is 48.9 Å². The number of ether oxygens (including phenoxy) is 1. The molecule has 0 aliphatic heterocycles. The van der Waals surface area contributed by atoms with E-state index in [1.807, 2.05) is 37.3 Å². The molecule has 0 radical (unpaired) electrons. The summed E-state index contributed by atoms with van der Waals surface area (Å²) in [6.07, 6.45) is 0.513. The van der Waals surface area contributed by atoms with Crippen LogP contribution in [0.2, 0.25) is 5.02 Å². The lowest BCUT2D eigenvalue weighted by Gasteiger charge is -2.30. The summed E-state index contributed by atoms with van der Waals surface area (Å²) in [4.78, 5) is 26.6. The Kier molecular flexibility index (Phi) is 7.48. The molecule has 0 aliphatic rings. The van der Waals surface area contributed by atoms with Gasteiger partial charge in [-0.2, -0.15) is 0 Å². The number of carbonyl (C=O) groups excluding carboxylic acids is 2. The normalized spacial score (nSPS) is 11.5. The minimum atomic E-state index is -0.554. The van der Waals surface area contributed by atoms with Crippen molar-refractivity contribution in [2.75, 3.05) is 13.7 Å². The molecule has 26 heavy (non-hydrogen) atoms. The van der Waals surface area contributed by atoms with Crippen LogP contribution in [0.4, 0.5) is 0 Å². The van der Waals surface area contributed by atoms with Gasteiger partial charge in [0.15, 0.2) is 6.61 Å². The van der Waals surface area contributed by atoms with Crippen LogP contribution in [0, 0.1) is 0 Å². The molecule has 2 aromatic carbocycles. The fraction of sp³-hybridized carbons (Fsp3) is 0.300. The average Bonchev–Trinajstić information content (AvgIpc) is 2.67. The lowest BCUT2D eigenvalue weighted by atomic mass is 10.1. The van der Waals surface area contributed by atoms with E-state index in [-0.39, 0.29) is 18.4 Å². The Morgan fingerprint density at radius 1 is 1.12 bits per heavy atom. The fourth-order valence-corrected chi connectivity index (χ4v) is 2.75. The second-order valence-corrected chi connectivity index (χ2v) is 6.22. The highest BCUT2D eigenvalue weighted by Gasteiger charge is 2.28. The molecular formula is C20H23ClN2O3. The molecule has 0 heterocycles. The lowest BCUT2D eigenvalue weighted by Crippen LogP contribution is -2.49. The van der Waals surface area contributed by atoms with Crippen LogP contribution in [-0.4, -0.2) is 36.4 Å². The molecule has 6 heteroatoms. The molecule has 0 saturated carbocycles. The smallest absolute Gasteiger partial charge is 0.261 e. The van der Waals surface area contributed by atoms with Crippen molar-refractivity contribution < 1.29 is 14.3 Å². The third-order valence-electron chi connectivity index (χ3n) is 4.00. The molecule has 0 bridgehead atoms. The Labute approximate surface area is 158 Å². The zero-order valence-electron chi connectivity index (χ0n) is 14.9. The quantitative estimate of drug-likeness (QED) is 0.771. The monoisotopic (exact) mass is 374 g/mol. The summed E-state index contributed by atoms with van der Waals surface area (Å²) in [5.41, 5.74) is 0.953. The molecule has 2 aromatic rings. The van der Waals surface area contributed by atoms with E-state index in [1.165, 1.54) is 0 Å². The van der Waals surface area contributed by atoms with Crippen LogP contribution in [0.3, 0.4) is 0 Å². The van der Waals surface area contributed by atoms with Gasteiger partial charge in [0.2, 0.25) is 5.91 Å². The van der Waals surface area contributed by atoms with Crippen molar-refractivity contribution in [1.29, 1.82) is 0 Å². The molecule has 2 rings (SSSR count). The molecule has 0 aliphatic carbocycles. The maximum absolute atomic E-state index is 12.8. The van der Waals surface area contributed by atoms with E-state index < -0.39 is 6.04 Å². The predicted octanol–water partition coefficient (Wildman–Crippen LogP) is 3.27. The van der Waals surface area contributed by atoms with Gasteiger partial charge in [0.05, 0.1) is 0 Å². The Balaban J connectivity index is 2.13. The van der Waals surface area contributed by atoms with Crippen LogP contribution in [0.15, 0.2) is 54.6 Å². The van der Waals surface area contributed by atoms with E-state index in [0.717, 1.165) is 5.56 Å². The van der Waals surface area contributed by atoms with Crippen molar-refractivity contribution >= 4 is 23.4 Å². The van der Waals surface area contributed by atoms with Gasteiger partial charge in [0, 0.05) is 18.6 Å². The Morgan fingerprint density at radius 3 is 2.35 bits per heavy atom. The van der Waals surface area contributed by atoms with Gasteiger partial charge in [-0.05, 0) is 36.2 Å². The number of benzene rings is 2. The highest BCUT2D eigenvalue weighted by molar-refractivity contribution is 6.30. The van der Waals surface area contributed by atoms with Crippen LogP contribution in [0.5, 0.6) is 5.75 Å². The summed E-state index contributed by atoms with van der Waals surface area (Å²) in [6, 6.07) is 15.8. The first kappa shape index (κ1) is 19.8. The number of likely N-dealkylation sites (N-methyl/N-ethyl adjacent to an activating group) is 1. The van der Waals surface area contributed by atoms with Crippen LogP contribution >= 0.6 is 11.6 Å². The largest absolute Gasteiger partial charge is 0.484 e. The number of nitrogens with one attached hydrogen (secondary N) is 1. The van der Waals surface area contributed by atoms with Gasteiger partial charge in [-0.25, -0.2) is 0 Å². The number of halogens is 1. The second-order valence-electron chi connectivity index (χ2n) is 5.79. The average molecular weight is 375 g/mol. The van der Waals surface area contributed by atoms with Gasteiger partial charge >= 0.3 is 0 Å². The van der Waals surface area contributed by atoms with Crippen LogP contribution in [0.1, 0.15) is 18.9 Å². The number of hydrogen-bond acceptors (Lipinski definition) is 3. The topological polar surface area (TPSA) is 58.6 Å². The Bertz CT molecular complexity index is 720. The third-order valence-corrected chi connectivity index (χ3v) is 4.26. The number of carbonyl (C=O) groups is 2. The van der Waals surface area contributed by atoms with E-state index in [0.29, 0.717) is 23.7 Å². The molecule has 1 N–H and O–H groups in total. The van der Waals surface area contributed by atoms with E-state index in [2.05, 4.69) is 5.32 Å². The minimum Gasteiger partial charge on any atom is -0.484 e. The van der Waals surface area contributed by atoms with Crippen molar-refractivity contribution in [1.82, 2.24) is 10.2 Å². The molecule has 0 aromatic heterocycles. The molecule has 5 nitrogen and oxygen atoms in total. The highest BCUT2D eigenvalue weighted by Crippen LogP contribution is 2.17. The minimum absolute atomic E-state index is 0.151. The summed E-state index contributed by atoms with van der Waals surface area (Å²) in [6.45, 7) is 2.07. The summed E-state index contributed by atoms with van der Waals surface area (Å²) < 4.78 is 5.57. The summed E-state index contributed by atoms with van der Waals surface area (Å²) >= 11 is 5.85. The summed E-state index contributed by atoms with van der Waals surface area (Å²) in [5.74, 6) is 0.109. The van der Waals surface area contributed by atoms with Crippen molar-refractivity contribution in [2.45, 2.75) is 25.9 Å². The SMILES string of the molecule is CC[C@H](C(=O)NC)N(Cc1ccccc1)C(=O)COc1ccc(Cl)cc1. The van der Waals surface area contributed by atoms with E-state index >= 15 is 0 Å². The lowest BCUT2D eigenvalue weighted by molar-refractivity contribution is -0.142. The molecule has 0 spiro atoms. The van der Waals surface area contributed by atoms with Gasteiger partial charge in [0.1, 0.15) is 11.8 Å². The second kappa shape index (κ2) is 9.82. The van der Waals surface area contributed by atoms with Crippen LogP contribution in [-0.2, 0) is 16.1 Å². The van der Waals surface area contributed by atoms with Gasteiger partial charge in [0.25, 0.3) is 5.91 Å². The van der Waals surface area contributed by atoms with E-state index in [4.69, 9.17) is 16.3 Å². The number of rotatable bonds is 8. The van der Waals surface area contributed by atoms with Crippen molar-refractivity contribution in [3.63, 3.8) is 0 Å². The van der Waals surface area contributed by atoms with E-state index in [9.17, 15) is 9.59 Å². The number of nitrogens with zero attached hydrogens (tertiary/aromatic N) is 1. The number of hydrogen-bond donors (Lipinski definition) is 1. The van der Waals surface area contributed by atoms with Crippen molar-refractivity contribution in [3.8, 4) is 5.75 Å². The molecule has 2 amide bonds. The van der Waals surface area contributed by atoms with Crippen LogP contribution in [0.25, 0.3) is 0 Å². The fourth-order valence-electron chi connectivity index (χ4n) is 2.63. The first-order valence-electron chi connectivity index (χ1n) is 8.48. The third kappa shape index (κ3) is 5.49. The highest BCUT2D eigenvalue weighted by atomic mass is 35.5. The Morgan fingerprint density at radius 2 is 1.77 bits per heavy atom. The molecular weight excluding hydrogens is 352 g/mol. The summed E-state index contributed by atoms with van der Waals surface area (Å²) in [5, 5.41) is 3.23. The van der Waals surface area contributed by atoms with Gasteiger partial charge in [-0.3, -0.25) is 9.59 Å². The maximum Gasteiger partial charge on any atom is 0.261 e. The molecule has 0 unspecified atom stereocenters. The zero-order valence-corrected chi connectivity index (χ0v) is 15.7. The predicted molar refractivity (Wildman–Crippen MR) is 102 cm³/mol. The van der Waals surface area contributed by atoms with Gasteiger partial charge in [-0.15, -0.1) is 0 Å². The zero-order chi connectivity index (χ0) is 18.9. The molecule has 1 atom stereocenters. The van der Waals surface area contributed by atoms with E-state index in [1.54, 1.807) is 36.2 Å². The molecule has 0 saturated heterocycles. The molecule has 0 fully saturated rings. The summed E-state index contributed by atoms with van der Waals surface area (Å²) in [7, 11) is 1.57. The van der Waals surface area contributed by atoms with Gasteiger partial charge < -0.3 is 15.0 Å². The van der Waals surface area contributed by atoms with Crippen LogP contribution < -0.4 is 10.1 Å². The molecule has 138 valence electrons. The van der Waals surface area contributed by atoms with Crippen molar-refractivity contribution in [2.24, 2.45) is 0 Å². The standard InChI is InChI=1S/C20H23ClN2O3/c1-3-18(20(25)22-2)23(13-15-7-5-4-6-8-15)19(24)14-26-17-11-9-16(21)10-12-17/h4-12,18H,3,13-14H2,1-2H3,(H,22,25)/t18-/m1/s1. The first-order valence-corrected chi connectivity index (χ1v) is 8.86. The van der Waals surface area contributed by atoms with Crippen molar-refractivity contribution in [3.05, 3.63) is 65.2 Å².